The van der Waals surface area contributed by atoms with Gasteiger partial charge in [0.15, 0.2) is 5.41 Å². The van der Waals surface area contributed by atoms with Gasteiger partial charge in [-0.25, -0.2) is 8.78 Å². The summed E-state index contributed by atoms with van der Waals surface area (Å²) in [6.45, 7) is 2.78. The summed E-state index contributed by atoms with van der Waals surface area (Å²) in [5.41, 5.74) is -3.44. The minimum atomic E-state index is -3.02. The largest absolute Gasteiger partial charge is 0.481 e. The van der Waals surface area contributed by atoms with Crippen LogP contribution in [0.2, 0.25) is 0 Å². The van der Waals surface area contributed by atoms with Gasteiger partial charge in [-0.15, -0.1) is 23.2 Å². The predicted molar refractivity (Wildman–Crippen MR) is 49.2 cm³/mol. The summed E-state index contributed by atoms with van der Waals surface area (Å²) in [6.07, 6.45) is -3.02. The number of alkyl halides is 4. The number of carbonyl (C=O) groups is 1. The summed E-state index contributed by atoms with van der Waals surface area (Å²) >= 11 is 11.3. The minimum Gasteiger partial charge on any atom is -0.481 e. The van der Waals surface area contributed by atoms with Crippen molar-refractivity contribution in [3.8, 4) is 0 Å². The average molecular weight is 247 g/mol. The van der Waals surface area contributed by atoms with Crippen molar-refractivity contribution < 1.29 is 18.7 Å². The van der Waals surface area contributed by atoms with Crippen molar-refractivity contribution >= 4 is 29.2 Å². The van der Waals surface area contributed by atoms with E-state index in [4.69, 9.17) is 28.3 Å². The summed E-state index contributed by atoms with van der Waals surface area (Å²) in [7, 11) is 0. The summed E-state index contributed by atoms with van der Waals surface area (Å²) in [5.74, 6) is -1.90. The molecule has 0 aromatic heterocycles. The van der Waals surface area contributed by atoms with E-state index in [0.29, 0.717) is 0 Å². The lowest BCUT2D eigenvalue weighted by Crippen LogP contribution is -2.33. The second-order valence-electron chi connectivity index (χ2n) is 3.97. The molecule has 1 saturated carbocycles. The van der Waals surface area contributed by atoms with E-state index in [0.717, 1.165) is 0 Å². The monoisotopic (exact) mass is 246 g/mol. The highest BCUT2D eigenvalue weighted by atomic mass is 35.5. The lowest BCUT2D eigenvalue weighted by atomic mass is 9.97. The van der Waals surface area contributed by atoms with E-state index in [1.807, 2.05) is 0 Å². The van der Waals surface area contributed by atoms with Crippen LogP contribution in [0.5, 0.6) is 0 Å². The van der Waals surface area contributed by atoms with E-state index in [1.54, 1.807) is 0 Å². The first-order valence-electron chi connectivity index (χ1n) is 3.96. The zero-order valence-corrected chi connectivity index (χ0v) is 9.16. The molecule has 2 unspecified atom stereocenters. The van der Waals surface area contributed by atoms with Crippen molar-refractivity contribution in [2.24, 2.45) is 10.8 Å². The van der Waals surface area contributed by atoms with Crippen molar-refractivity contribution in [2.75, 3.05) is 5.88 Å². The van der Waals surface area contributed by atoms with Gasteiger partial charge in [-0.3, -0.25) is 4.79 Å². The molecule has 0 aromatic rings. The van der Waals surface area contributed by atoms with Crippen LogP contribution in [-0.2, 0) is 4.79 Å². The first-order chi connectivity index (χ1) is 6.20. The van der Waals surface area contributed by atoms with Crippen LogP contribution in [0.1, 0.15) is 13.8 Å². The SMILES string of the molecule is CC1(C)C(Cl)(CCl)C1(C(=O)O)C(F)F. The first-order valence-corrected chi connectivity index (χ1v) is 4.88. The fourth-order valence-electron chi connectivity index (χ4n) is 2.20. The molecule has 6 heteroatoms. The van der Waals surface area contributed by atoms with Gasteiger partial charge in [-0.1, -0.05) is 13.8 Å². The normalized spacial score (nSPS) is 39.9. The van der Waals surface area contributed by atoms with Gasteiger partial charge in [0.1, 0.15) is 0 Å². The van der Waals surface area contributed by atoms with Crippen LogP contribution in [-0.4, -0.2) is 28.3 Å². The molecular formula is C8H10Cl2F2O2. The van der Waals surface area contributed by atoms with Crippen LogP contribution in [0.25, 0.3) is 0 Å². The average Bonchev–Trinajstić information content (AvgIpc) is 2.43. The Morgan fingerprint density at radius 1 is 1.50 bits per heavy atom. The molecule has 2 nitrogen and oxygen atoms in total. The number of halogens is 4. The topological polar surface area (TPSA) is 37.3 Å². The smallest absolute Gasteiger partial charge is 0.318 e. The maximum Gasteiger partial charge on any atom is 0.318 e. The highest BCUT2D eigenvalue weighted by Gasteiger charge is 2.90. The molecule has 1 aliphatic rings. The molecule has 0 bridgehead atoms. The van der Waals surface area contributed by atoms with Crippen molar-refractivity contribution in [3.63, 3.8) is 0 Å². The molecule has 0 spiro atoms. The fraction of sp³-hybridized carbons (Fsp3) is 0.875. The maximum absolute atomic E-state index is 12.8. The maximum atomic E-state index is 12.8. The second-order valence-corrected chi connectivity index (χ2v) is 4.89. The quantitative estimate of drug-likeness (QED) is 0.778. The van der Waals surface area contributed by atoms with Crippen LogP contribution < -0.4 is 0 Å². The molecule has 0 amide bonds. The fourth-order valence-corrected chi connectivity index (χ4v) is 3.24. The molecule has 0 saturated heterocycles. The molecule has 1 fully saturated rings. The molecule has 0 aliphatic heterocycles. The Balaban J connectivity index is 3.24. The number of hydrogen-bond donors (Lipinski definition) is 1. The third-order valence-electron chi connectivity index (χ3n) is 3.39. The Bertz CT molecular complexity index is 283. The molecule has 14 heavy (non-hydrogen) atoms. The summed E-state index contributed by atoms with van der Waals surface area (Å²) < 4.78 is 25.6. The van der Waals surface area contributed by atoms with Gasteiger partial charge in [0, 0.05) is 11.3 Å². The molecule has 0 radical (unpaired) electrons. The van der Waals surface area contributed by atoms with Crippen molar-refractivity contribution in [1.82, 2.24) is 0 Å². The Hall–Kier alpha value is -0.0900. The van der Waals surface area contributed by atoms with E-state index in [1.165, 1.54) is 13.8 Å². The zero-order valence-electron chi connectivity index (χ0n) is 7.65. The van der Waals surface area contributed by atoms with E-state index < -0.39 is 28.1 Å². The van der Waals surface area contributed by atoms with Crippen molar-refractivity contribution in [1.29, 1.82) is 0 Å². The predicted octanol–water partition coefficient (Wildman–Crippen LogP) is 2.58. The van der Waals surface area contributed by atoms with E-state index in [9.17, 15) is 13.6 Å². The van der Waals surface area contributed by atoms with Gasteiger partial charge < -0.3 is 5.11 Å². The van der Waals surface area contributed by atoms with Crippen LogP contribution in [0.15, 0.2) is 0 Å². The number of hydrogen-bond acceptors (Lipinski definition) is 1. The minimum absolute atomic E-state index is 0.307. The van der Waals surface area contributed by atoms with Crippen LogP contribution in [0, 0.1) is 10.8 Å². The molecule has 2 atom stereocenters. The highest BCUT2D eigenvalue weighted by Crippen LogP contribution is 2.78. The van der Waals surface area contributed by atoms with Gasteiger partial charge in [0.25, 0.3) is 6.43 Å². The van der Waals surface area contributed by atoms with Gasteiger partial charge in [0.05, 0.1) is 4.87 Å². The Morgan fingerprint density at radius 3 is 2.00 bits per heavy atom. The van der Waals surface area contributed by atoms with Crippen molar-refractivity contribution in [3.05, 3.63) is 0 Å². The summed E-state index contributed by atoms with van der Waals surface area (Å²) in [4.78, 5) is 9.32. The zero-order chi connectivity index (χ0) is 11.4. The lowest BCUT2D eigenvalue weighted by Gasteiger charge is -2.14. The first kappa shape index (κ1) is 12.0. The number of carboxylic acid groups (broad SMARTS) is 1. The van der Waals surface area contributed by atoms with E-state index in [2.05, 4.69) is 0 Å². The number of rotatable bonds is 3. The van der Waals surface area contributed by atoms with E-state index in [-0.39, 0.29) is 5.88 Å². The molecule has 1 N–H and O–H groups in total. The van der Waals surface area contributed by atoms with Crippen molar-refractivity contribution in [2.45, 2.75) is 25.1 Å². The summed E-state index contributed by atoms with van der Waals surface area (Å²) in [5, 5.41) is 8.85. The Labute approximate surface area is 90.2 Å². The molecule has 0 aromatic carbocycles. The van der Waals surface area contributed by atoms with Gasteiger partial charge in [-0.2, -0.15) is 0 Å². The molecule has 1 aliphatic carbocycles. The number of aliphatic carboxylic acids is 1. The third kappa shape index (κ3) is 0.890. The summed E-state index contributed by atoms with van der Waals surface area (Å²) in [6, 6.07) is 0. The Kier molecular flexibility index (Phi) is 2.53. The van der Waals surface area contributed by atoms with Gasteiger partial charge in [-0.05, 0) is 0 Å². The third-order valence-corrected chi connectivity index (χ3v) is 4.83. The molecule has 1 rings (SSSR count). The lowest BCUT2D eigenvalue weighted by molar-refractivity contribution is -0.152. The molecule has 0 heterocycles. The second kappa shape index (κ2) is 2.95. The van der Waals surface area contributed by atoms with Crippen LogP contribution in [0.3, 0.4) is 0 Å². The van der Waals surface area contributed by atoms with Crippen LogP contribution in [0.4, 0.5) is 8.78 Å². The van der Waals surface area contributed by atoms with E-state index >= 15 is 0 Å². The molecule has 82 valence electrons. The highest BCUT2D eigenvalue weighted by molar-refractivity contribution is 6.36. The Morgan fingerprint density at radius 2 is 1.93 bits per heavy atom. The van der Waals surface area contributed by atoms with Crippen LogP contribution >= 0.6 is 23.2 Å². The van der Waals surface area contributed by atoms with Gasteiger partial charge in [0.2, 0.25) is 0 Å². The molecular weight excluding hydrogens is 237 g/mol. The standard InChI is InChI=1S/C8H10Cl2F2O2/c1-6(2)7(10,3-9)8(6,4(11)12)5(13)14/h4H,3H2,1-2H3,(H,13,14). The number of carboxylic acids is 1. The van der Waals surface area contributed by atoms with Gasteiger partial charge >= 0.3 is 5.97 Å².